The summed E-state index contributed by atoms with van der Waals surface area (Å²) in [6, 6.07) is 6.07. The Balaban J connectivity index is 1.76. The maximum Gasteiger partial charge on any atom is 0.307 e. The first kappa shape index (κ1) is 19.1. The van der Waals surface area contributed by atoms with Gasteiger partial charge in [0.25, 0.3) is 5.91 Å². The Bertz CT molecular complexity index is 828. The fraction of sp³-hybridized carbons (Fsp3) is 0.450. The van der Waals surface area contributed by atoms with Gasteiger partial charge in [-0.05, 0) is 63.8 Å². The number of halogens is 1. The fourth-order valence-electron chi connectivity index (χ4n) is 3.26. The molecule has 1 aliphatic carbocycles. The summed E-state index contributed by atoms with van der Waals surface area (Å²) < 4.78 is 20.0. The highest BCUT2D eigenvalue weighted by Gasteiger charge is 2.25. The molecule has 27 heavy (non-hydrogen) atoms. The molecule has 7 heteroatoms. The lowest BCUT2D eigenvalue weighted by Crippen LogP contribution is -2.28. The first-order valence-corrected chi connectivity index (χ1v) is 9.30. The fourth-order valence-corrected chi connectivity index (χ4v) is 3.26. The molecule has 3 rings (SSSR count). The number of fused-ring (bicyclic) bond motifs is 1. The first-order chi connectivity index (χ1) is 13.0. The SMILES string of the molecule is CC(C)OC(=O)CCNC(=O)c1nn(-c2ccc(F)cc2)c2c1CCCC2. The molecule has 0 radical (unpaired) electrons. The van der Waals surface area contributed by atoms with Crippen LogP contribution in [0, 0.1) is 5.82 Å². The van der Waals surface area contributed by atoms with E-state index in [-0.39, 0.29) is 36.8 Å². The normalized spacial score (nSPS) is 13.3. The molecule has 0 unspecified atom stereocenters. The molecule has 0 fully saturated rings. The van der Waals surface area contributed by atoms with Crippen LogP contribution in [0.25, 0.3) is 5.69 Å². The van der Waals surface area contributed by atoms with Gasteiger partial charge in [0.05, 0.1) is 18.2 Å². The van der Waals surface area contributed by atoms with E-state index in [4.69, 9.17) is 4.74 Å². The van der Waals surface area contributed by atoms with Gasteiger partial charge in [0.15, 0.2) is 5.69 Å². The van der Waals surface area contributed by atoms with Crippen molar-refractivity contribution in [3.05, 3.63) is 47.0 Å². The van der Waals surface area contributed by atoms with Gasteiger partial charge in [-0.15, -0.1) is 0 Å². The minimum Gasteiger partial charge on any atom is -0.463 e. The molecule has 0 saturated carbocycles. The third kappa shape index (κ3) is 4.53. The Morgan fingerprint density at radius 3 is 2.63 bits per heavy atom. The molecule has 1 heterocycles. The molecule has 0 aliphatic heterocycles. The summed E-state index contributed by atoms with van der Waals surface area (Å²) in [5.74, 6) is -0.957. The zero-order chi connectivity index (χ0) is 19.4. The number of hydrogen-bond donors (Lipinski definition) is 1. The van der Waals surface area contributed by atoms with Crippen LogP contribution < -0.4 is 5.32 Å². The highest BCUT2D eigenvalue weighted by Crippen LogP contribution is 2.27. The number of benzene rings is 1. The van der Waals surface area contributed by atoms with Gasteiger partial charge in [-0.1, -0.05) is 0 Å². The number of nitrogens with one attached hydrogen (secondary N) is 1. The van der Waals surface area contributed by atoms with Crippen LogP contribution in [0.15, 0.2) is 24.3 Å². The topological polar surface area (TPSA) is 73.2 Å². The van der Waals surface area contributed by atoms with E-state index in [0.717, 1.165) is 42.6 Å². The van der Waals surface area contributed by atoms with Crippen LogP contribution in [0.1, 0.15) is 54.9 Å². The molecule has 1 amide bonds. The second kappa shape index (κ2) is 8.33. The number of aromatic nitrogens is 2. The number of rotatable bonds is 6. The third-order valence-electron chi connectivity index (χ3n) is 4.45. The molecule has 2 aromatic rings. The van der Waals surface area contributed by atoms with E-state index in [9.17, 15) is 14.0 Å². The van der Waals surface area contributed by atoms with Gasteiger partial charge in [-0.2, -0.15) is 5.10 Å². The second-order valence-electron chi connectivity index (χ2n) is 6.91. The molecular weight excluding hydrogens is 349 g/mol. The standard InChI is InChI=1S/C20H24FN3O3/c1-13(2)27-18(25)11-12-22-20(26)19-16-5-3-4-6-17(16)24(23-19)15-9-7-14(21)8-10-15/h7-10,13H,3-6,11-12H2,1-2H3,(H,22,26). The maximum atomic E-state index is 13.2. The molecule has 144 valence electrons. The third-order valence-corrected chi connectivity index (χ3v) is 4.45. The zero-order valence-corrected chi connectivity index (χ0v) is 15.6. The molecule has 1 aliphatic rings. The Hall–Kier alpha value is -2.70. The summed E-state index contributed by atoms with van der Waals surface area (Å²) >= 11 is 0. The minimum absolute atomic E-state index is 0.116. The molecule has 0 spiro atoms. The highest BCUT2D eigenvalue weighted by atomic mass is 19.1. The van der Waals surface area contributed by atoms with Crippen molar-refractivity contribution in [2.45, 2.75) is 52.1 Å². The summed E-state index contributed by atoms with van der Waals surface area (Å²) in [6.07, 6.45) is 3.59. The van der Waals surface area contributed by atoms with Crippen LogP contribution >= 0.6 is 0 Å². The maximum absolute atomic E-state index is 13.2. The van der Waals surface area contributed by atoms with E-state index in [0.29, 0.717) is 5.69 Å². The van der Waals surface area contributed by atoms with E-state index in [1.54, 1.807) is 30.7 Å². The number of ether oxygens (including phenoxy) is 1. The van der Waals surface area contributed by atoms with Crippen LogP contribution in [0.4, 0.5) is 4.39 Å². The molecule has 0 atom stereocenters. The molecule has 0 bridgehead atoms. The summed E-state index contributed by atoms with van der Waals surface area (Å²) in [7, 11) is 0. The second-order valence-corrected chi connectivity index (χ2v) is 6.91. The van der Waals surface area contributed by atoms with Gasteiger partial charge in [0, 0.05) is 17.8 Å². The number of esters is 1. The van der Waals surface area contributed by atoms with Gasteiger partial charge in [0.2, 0.25) is 0 Å². The number of carbonyl (C=O) groups is 2. The predicted molar refractivity (Wildman–Crippen MR) is 98.3 cm³/mol. The lowest BCUT2D eigenvalue weighted by atomic mass is 9.95. The van der Waals surface area contributed by atoms with E-state index in [2.05, 4.69) is 10.4 Å². The van der Waals surface area contributed by atoms with Crippen LogP contribution in [0.2, 0.25) is 0 Å². The largest absolute Gasteiger partial charge is 0.463 e. The first-order valence-electron chi connectivity index (χ1n) is 9.30. The number of amides is 1. The average molecular weight is 373 g/mol. The Morgan fingerprint density at radius 1 is 1.22 bits per heavy atom. The van der Waals surface area contributed by atoms with Crippen LogP contribution in [-0.2, 0) is 22.4 Å². The van der Waals surface area contributed by atoms with Crippen LogP contribution in [-0.4, -0.2) is 34.3 Å². The number of hydrogen-bond acceptors (Lipinski definition) is 4. The van der Waals surface area contributed by atoms with E-state index >= 15 is 0 Å². The smallest absolute Gasteiger partial charge is 0.307 e. The molecule has 1 aromatic heterocycles. The van der Waals surface area contributed by atoms with E-state index < -0.39 is 0 Å². The molecular formula is C20H24FN3O3. The Morgan fingerprint density at radius 2 is 1.93 bits per heavy atom. The van der Waals surface area contributed by atoms with Gasteiger partial charge in [-0.3, -0.25) is 9.59 Å². The van der Waals surface area contributed by atoms with Gasteiger partial charge in [0.1, 0.15) is 5.82 Å². The van der Waals surface area contributed by atoms with Gasteiger partial charge >= 0.3 is 5.97 Å². The minimum atomic E-state index is -0.343. The number of carbonyl (C=O) groups excluding carboxylic acids is 2. The van der Waals surface area contributed by atoms with Crippen LogP contribution in [0.5, 0.6) is 0 Å². The van der Waals surface area contributed by atoms with E-state index in [1.165, 1.54) is 12.1 Å². The molecule has 1 N–H and O–H groups in total. The quantitative estimate of drug-likeness (QED) is 0.790. The summed E-state index contributed by atoms with van der Waals surface area (Å²) in [4.78, 5) is 24.2. The van der Waals surface area contributed by atoms with Crippen molar-refractivity contribution in [2.24, 2.45) is 0 Å². The molecule has 6 nitrogen and oxygen atoms in total. The van der Waals surface area contributed by atoms with Crippen LogP contribution in [0.3, 0.4) is 0 Å². The monoisotopic (exact) mass is 373 g/mol. The summed E-state index contributed by atoms with van der Waals surface area (Å²) in [5, 5.41) is 7.26. The van der Waals surface area contributed by atoms with Crippen molar-refractivity contribution in [3.8, 4) is 5.69 Å². The number of nitrogens with zero attached hydrogens (tertiary/aromatic N) is 2. The lowest BCUT2D eigenvalue weighted by Gasteiger charge is -2.14. The zero-order valence-electron chi connectivity index (χ0n) is 15.6. The van der Waals surface area contributed by atoms with Crippen molar-refractivity contribution < 1.29 is 18.7 Å². The van der Waals surface area contributed by atoms with Crippen molar-refractivity contribution >= 4 is 11.9 Å². The van der Waals surface area contributed by atoms with Gasteiger partial charge < -0.3 is 10.1 Å². The van der Waals surface area contributed by atoms with Crippen molar-refractivity contribution in [1.82, 2.24) is 15.1 Å². The summed E-state index contributed by atoms with van der Waals surface area (Å²) in [5.41, 5.74) is 3.05. The van der Waals surface area contributed by atoms with Gasteiger partial charge in [-0.25, -0.2) is 9.07 Å². The van der Waals surface area contributed by atoms with Crippen molar-refractivity contribution in [3.63, 3.8) is 0 Å². The van der Waals surface area contributed by atoms with E-state index in [1.807, 2.05) is 0 Å². The molecule has 0 saturated heterocycles. The lowest BCUT2D eigenvalue weighted by molar-refractivity contribution is -0.147. The highest BCUT2D eigenvalue weighted by molar-refractivity contribution is 5.94. The Labute approximate surface area is 157 Å². The Kier molecular flexibility index (Phi) is 5.88. The average Bonchev–Trinajstić information content (AvgIpc) is 3.01. The van der Waals surface area contributed by atoms with Crippen molar-refractivity contribution in [2.75, 3.05) is 6.54 Å². The molecule has 1 aromatic carbocycles. The van der Waals surface area contributed by atoms with Crippen molar-refractivity contribution in [1.29, 1.82) is 0 Å². The predicted octanol–water partition coefficient (Wildman–Crippen LogP) is 2.96. The summed E-state index contributed by atoms with van der Waals surface area (Å²) in [6.45, 7) is 3.76.